The highest BCUT2D eigenvalue weighted by atomic mass is 32.1. The number of ether oxygens (including phenoxy) is 1. The second kappa shape index (κ2) is 7.57. The fraction of sp³-hybridized carbons (Fsp3) is 0.333. The number of urea groups is 1. The summed E-state index contributed by atoms with van der Waals surface area (Å²) in [5, 5.41) is 9.75. The molecule has 1 aromatic carbocycles. The molecule has 0 bridgehead atoms. The Morgan fingerprint density at radius 3 is 2.76 bits per heavy atom. The van der Waals surface area contributed by atoms with Crippen molar-refractivity contribution in [3.8, 4) is 5.75 Å². The molecular formula is C18H21N3O3S. The van der Waals surface area contributed by atoms with Gasteiger partial charge in [-0.05, 0) is 53.4 Å². The largest absolute Gasteiger partial charge is 0.495 e. The van der Waals surface area contributed by atoms with Gasteiger partial charge in [-0.3, -0.25) is 4.79 Å². The third-order valence-corrected chi connectivity index (χ3v) is 4.69. The van der Waals surface area contributed by atoms with Crippen molar-refractivity contribution in [3.05, 3.63) is 46.2 Å². The minimum Gasteiger partial charge on any atom is -0.495 e. The minimum absolute atomic E-state index is 0.132. The Bertz CT molecular complexity index is 757. The van der Waals surface area contributed by atoms with E-state index in [1.807, 2.05) is 16.8 Å². The molecule has 1 heterocycles. The first-order chi connectivity index (χ1) is 12.1. The topological polar surface area (TPSA) is 70.7 Å². The summed E-state index contributed by atoms with van der Waals surface area (Å²) in [4.78, 5) is 26.2. The van der Waals surface area contributed by atoms with E-state index in [0.29, 0.717) is 23.5 Å². The van der Waals surface area contributed by atoms with Crippen LogP contribution >= 0.6 is 11.3 Å². The lowest BCUT2D eigenvalue weighted by molar-refractivity contribution is 0.0951. The second-order valence-corrected chi connectivity index (χ2v) is 6.86. The first-order valence-electron chi connectivity index (χ1n) is 8.09. The molecule has 3 amide bonds. The van der Waals surface area contributed by atoms with Gasteiger partial charge in [0.2, 0.25) is 0 Å². The van der Waals surface area contributed by atoms with Crippen molar-refractivity contribution in [1.29, 1.82) is 0 Å². The summed E-state index contributed by atoms with van der Waals surface area (Å²) in [7, 11) is 3.26. The fourth-order valence-corrected chi connectivity index (χ4v) is 3.04. The van der Waals surface area contributed by atoms with E-state index in [9.17, 15) is 9.59 Å². The van der Waals surface area contributed by atoms with Crippen LogP contribution in [0.2, 0.25) is 0 Å². The van der Waals surface area contributed by atoms with E-state index in [4.69, 9.17) is 4.74 Å². The Kier molecular flexibility index (Phi) is 5.23. The maximum atomic E-state index is 12.4. The van der Waals surface area contributed by atoms with Gasteiger partial charge in [-0.25, -0.2) is 4.79 Å². The monoisotopic (exact) mass is 359 g/mol. The number of thiophene rings is 1. The first-order valence-corrected chi connectivity index (χ1v) is 9.03. The molecular weight excluding hydrogens is 338 g/mol. The van der Waals surface area contributed by atoms with Crippen LogP contribution in [0.4, 0.5) is 10.5 Å². The van der Waals surface area contributed by atoms with Crippen molar-refractivity contribution in [1.82, 2.24) is 10.2 Å². The van der Waals surface area contributed by atoms with Crippen molar-refractivity contribution < 1.29 is 14.3 Å². The zero-order valence-electron chi connectivity index (χ0n) is 14.2. The van der Waals surface area contributed by atoms with Gasteiger partial charge in [-0.15, -0.1) is 0 Å². The number of rotatable bonds is 6. The van der Waals surface area contributed by atoms with Gasteiger partial charge in [0.1, 0.15) is 5.75 Å². The molecule has 1 fully saturated rings. The third-order valence-electron chi connectivity index (χ3n) is 3.96. The lowest BCUT2D eigenvalue weighted by atomic mass is 10.1. The van der Waals surface area contributed by atoms with Crippen LogP contribution in [0.15, 0.2) is 35.0 Å². The second-order valence-electron chi connectivity index (χ2n) is 6.08. The normalized spacial score (nSPS) is 13.2. The summed E-state index contributed by atoms with van der Waals surface area (Å²) in [5.74, 6) is 0.382. The molecule has 0 spiro atoms. The maximum absolute atomic E-state index is 12.4. The highest BCUT2D eigenvalue weighted by molar-refractivity contribution is 7.07. The number of methoxy groups -OCH3 is 1. The van der Waals surface area contributed by atoms with E-state index in [1.54, 1.807) is 41.5 Å². The first kappa shape index (κ1) is 17.3. The summed E-state index contributed by atoms with van der Waals surface area (Å²) >= 11 is 1.60. The Morgan fingerprint density at radius 2 is 2.12 bits per heavy atom. The lowest BCUT2D eigenvalue weighted by Crippen LogP contribution is -2.31. The predicted molar refractivity (Wildman–Crippen MR) is 98.3 cm³/mol. The number of nitrogens with zero attached hydrogens (tertiary/aromatic N) is 1. The molecule has 2 N–H and O–H groups in total. The van der Waals surface area contributed by atoms with Crippen LogP contribution < -0.4 is 15.4 Å². The minimum atomic E-state index is -0.260. The van der Waals surface area contributed by atoms with E-state index in [2.05, 4.69) is 10.6 Å². The number of hydrogen-bond donors (Lipinski definition) is 2. The van der Waals surface area contributed by atoms with E-state index in [1.165, 1.54) is 7.11 Å². The van der Waals surface area contributed by atoms with Crippen molar-refractivity contribution in [2.24, 2.45) is 0 Å². The zero-order chi connectivity index (χ0) is 17.8. The van der Waals surface area contributed by atoms with E-state index >= 15 is 0 Å². The third kappa shape index (κ3) is 4.51. The average Bonchev–Trinajstić information content (AvgIpc) is 3.27. The summed E-state index contributed by atoms with van der Waals surface area (Å²) in [6, 6.07) is 7.04. The molecule has 132 valence electrons. The quantitative estimate of drug-likeness (QED) is 0.831. The van der Waals surface area contributed by atoms with Gasteiger partial charge in [-0.2, -0.15) is 11.3 Å². The number of carbonyl (C=O) groups excluding carboxylic acids is 2. The number of carbonyl (C=O) groups is 2. The smallest absolute Gasteiger partial charge is 0.321 e. The van der Waals surface area contributed by atoms with Crippen LogP contribution in [0.3, 0.4) is 0 Å². The Morgan fingerprint density at radius 1 is 1.32 bits per heavy atom. The molecule has 25 heavy (non-hydrogen) atoms. The summed E-state index contributed by atoms with van der Waals surface area (Å²) in [6.45, 7) is 0.513. The predicted octanol–water partition coefficient (Wildman–Crippen LogP) is 3.31. The lowest BCUT2D eigenvalue weighted by Gasteiger charge is -2.19. The Labute approximate surface area is 150 Å². The molecule has 0 saturated heterocycles. The number of benzene rings is 1. The van der Waals surface area contributed by atoms with E-state index < -0.39 is 0 Å². The van der Waals surface area contributed by atoms with Crippen molar-refractivity contribution in [3.63, 3.8) is 0 Å². The number of hydrogen-bond acceptors (Lipinski definition) is 4. The highest BCUT2D eigenvalue weighted by Gasteiger charge is 2.24. The molecule has 0 unspecified atom stereocenters. The van der Waals surface area contributed by atoms with Crippen molar-refractivity contribution in [2.45, 2.75) is 25.4 Å². The van der Waals surface area contributed by atoms with Gasteiger partial charge in [0, 0.05) is 25.2 Å². The molecule has 1 aliphatic carbocycles. The van der Waals surface area contributed by atoms with Crippen LogP contribution in [0, 0.1) is 0 Å². The molecule has 2 aromatic rings. The standard InChI is InChI=1S/C18H21N3O3S/c1-21(10-12-7-8-25-11-12)18(23)20-15-9-13(3-6-16(15)24-2)17(22)19-14-4-5-14/h3,6-9,11,14H,4-5,10H2,1-2H3,(H,19,22)(H,20,23). The number of anilines is 1. The average molecular weight is 359 g/mol. The summed E-state index contributed by atoms with van der Waals surface area (Å²) < 4.78 is 5.30. The van der Waals surface area contributed by atoms with Gasteiger partial charge in [0.15, 0.2) is 0 Å². The van der Waals surface area contributed by atoms with Crippen molar-refractivity contribution >= 4 is 29.0 Å². The molecule has 1 aromatic heterocycles. The molecule has 7 heteroatoms. The molecule has 6 nitrogen and oxygen atoms in total. The molecule has 1 saturated carbocycles. The molecule has 0 radical (unpaired) electrons. The van der Waals surface area contributed by atoms with Gasteiger partial charge in [0.25, 0.3) is 5.91 Å². The van der Waals surface area contributed by atoms with Crippen LogP contribution in [0.25, 0.3) is 0 Å². The molecule has 0 atom stereocenters. The Balaban J connectivity index is 1.70. The van der Waals surface area contributed by atoms with Crippen LogP contribution in [-0.4, -0.2) is 37.0 Å². The molecule has 1 aliphatic rings. The van der Waals surface area contributed by atoms with E-state index in [0.717, 1.165) is 18.4 Å². The van der Waals surface area contributed by atoms with Crippen LogP contribution in [-0.2, 0) is 6.54 Å². The van der Waals surface area contributed by atoms with Crippen molar-refractivity contribution in [2.75, 3.05) is 19.5 Å². The zero-order valence-corrected chi connectivity index (χ0v) is 15.1. The van der Waals surface area contributed by atoms with Gasteiger partial charge in [0.05, 0.1) is 12.8 Å². The Hall–Kier alpha value is -2.54. The fourth-order valence-electron chi connectivity index (χ4n) is 2.38. The SMILES string of the molecule is COc1ccc(C(=O)NC2CC2)cc1NC(=O)N(C)Cc1ccsc1. The van der Waals surface area contributed by atoms with Gasteiger partial charge < -0.3 is 20.3 Å². The molecule has 3 rings (SSSR count). The summed E-state index contributed by atoms with van der Waals surface area (Å²) in [5.41, 5.74) is 2.06. The van der Waals surface area contributed by atoms with Gasteiger partial charge >= 0.3 is 6.03 Å². The van der Waals surface area contributed by atoms with Crippen LogP contribution in [0.5, 0.6) is 5.75 Å². The van der Waals surface area contributed by atoms with Crippen LogP contribution in [0.1, 0.15) is 28.8 Å². The van der Waals surface area contributed by atoms with Gasteiger partial charge in [-0.1, -0.05) is 0 Å². The summed E-state index contributed by atoms with van der Waals surface area (Å²) in [6.07, 6.45) is 2.05. The maximum Gasteiger partial charge on any atom is 0.321 e. The van der Waals surface area contributed by atoms with E-state index in [-0.39, 0.29) is 18.0 Å². The number of nitrogens with one attached hydrogen (secondary N) is 2. The molecule has 0 aliphatic heterocycles. The highest BCUT2D eigenvalue weighted by Crippen LogP contribution is 2.27. The number of amides is 3.